The SMILES string of the molecule is Cc1ccc2c(c1)c1cc(C)ccc1n2-c1cccc(-n2c3ccccc3c3ccccc32)c1. The van der Waals surface area contributed by atoms with Crippen molar-refractivity contribution in [3.8, 4) is 11.4 Å². The van der Waals surface area contributed by atoms with E-state index in [1.54, 1.807) is 0 Å². The fraction of sp³-hybridized carbons (Fsp3) is 0.0625. The molecule has 0 amide bonds. The number of aromatic nitrogens is 2. The van der Waals surface area contributed by atoms with Gasteiger partial charge in [0.05, 0.1) is 22.1 Å². The second-order valence-electron chi connectivity index (χ2n) is 9.27. The highest BCUT2D eigenvalue weighted by molar-refractivity contribution is 6.10. The first-order chi connectivity index (χ1) is 16.7. The van der Waals surface area contributed by atoms with Crippen molar-refractivity contribution in [3.63, 3.8) is 0 Å². The Morgan fingerprint density at radius 1 is 0.382 bits per heavy atom. The molecule has 5 aromatic carbocycles. The second-order valence-corrected chi connectivity index (χ2v) is 9.27. The Bertz CT molecular complexity index is 1770. The van der Waals surface area contributed by atoms with Crippen LogP contribution < -0.4 is 0 Å². The number of para-hydroxylation sites is 2. The number of benzene rings is 5. The molecule has 2 heterocycles. The van der Waals surface area contributed by atoms with Crippen LogP contribution in [0.3, 0.4) is 0 Å². The van der Waals surface area contributed by atoms with Crippen LogP contribution in [0.15, 0.2) is 109 Å². The van der Waals surface area contributed by atoms with Crippen LogP contribution in [0.2, 0.25) is 0 Å². The molecule has 0 aliphatic carbocycles. The lowest BCUT2D eigenvalue weighted by Crippen LogP contribution is -1.98. The van der Waals surface area contributed by atoms with Crippen LogP contribution in [-0.4, -0.2) is 9.13 Å². The van der Waals surface area contributed by atoms with E-state index in [0.29, 0.717) is 0 Å². The summed E-state index contributed by atoms with van der Waals surface area (Å²) in [5.41, 5.74) is 9.86. The zero-order valence-corrected chi connectivity index (χ0v) is 19.3. The smallest absolute Gasteiger partial charge is 0.0541 e. The highest BCUT2D eigenvalue weighted by Gasteiger charge is 2.15. The fourth-order valence-electron chi connectivity index (χ4n) is 5.50. The van der Waals surface area contributed by atoms with Crippen molar-refractivity contribution in [3.05, 3.63) is 120 Å². The lowest BCUT2D eigenvalue weighted by Gasteiger charge is -2.13. The number of hydrogen-bond donors (Lipinski definition) is 0. The fourth-order valence-corrected chi connectivity index (χ4v) is 5.50. The van der Waals surface area contributed by atoms with Gasteiger partial charge in [0.1, 0.15) is 0 Å². The van der Waals surface area contributed by atoms with Crippen molar-refractivity contribution in [1.29, 1.82) is 0 Å². The maximum Gasteiger partial charge on any atom is 0.0541 e. The van der Waals surface area contributed by atoms with Crippen LogP contribution >= 0.6 is 0 Å². The lowest BCUT2D eigenvalue weighted by atomic mass is 10.1. The Kier molecular flexibility index (Phi) is 4.01. The van der Waals surface area contributed by atoms with E-state index in [1.807, 2.05) is 0 Å². The second kappa shape index (κ2) is 7.10. The van der Waals surface area contributed by atoms with E-state index in [2.05, 4.69) is 132 Å². The van der Waals surface area contributed by atoms with E-state index < -0.39 is 0 Å². The van der Waals surface area contributed by atoms with Gasteiger partial charge in [-0.05, 0) is 68.4 Å². The van der Waals surface area contributed by atoms with E-state index in [4.69, 9.17) is 0 Å². The maximum absolute atomic E-state index is 2.40. The summed E-state index contributed by atoms with van der Waals surface area (Å²) in [5.74, 6) is 0. The van der Waals surface area contributed by atoms with E-state index in [-0.39, 0.29) is 0 Å². The summed E-state index contributed by atoms with van der Waals surface area (Å²) in [5, 5.41) is 5.18. The number of fused-ring (bicyclic) bond motifs is 6. The summed E-state index contributed by atoms with van der Waals surface area (Å²) in [7, 11) is 0. The molecule has 2 aromatic heterocycles. The van der Waals surface area contributed by atoms with Gasteiger partial charge in [0.15, 0.2) is 0 Å². The van der Waals surface area contributed by atoms with Crippen molar-refractivity contribution in [1.82, 2.24) is 9.13 Å². The molecule has 0 aliphatic heterocycles. The Morgan fingerprint density at radius 2 is 0.824 bits per heavy atom. The minimum absolute atomic E-state index is 1.17. The Balaban J connectivity index is 1.55. The first-order valence-electron chi connectivity index (χ1n) is 11.8. The quantitative estimate of drug-likeness (QED) is 0.257. The van der Waals surface area contributed by atoms with Crippen LogP contribution in [0.4, 0.5) is 0 Å². The van der Waals surface area contributed by atoms with Crippen molar-refractivity contribution in [2.75, 3.05) is 0 Å². The Hall–Kier alpha value is -4.30. The molecule has 0 atom stereocenters. The van der Waals surface area contributed by atoms with Gasteiger partial charge in [0.25, 0.3) is 0 Å². The predicted octanol–water partition coefficient (Wildman–Crippen LogP) is 8.50. The molecule has 0 radical (unpaired) electrons. The summed E-state index contributed by atoms with van der Waals surface area (Å²) < 4.78 is 4.79. The molecule has 0 saturated heterocycles. The van der Waals surface area contributed by atoms with Gasteiger partial charge in [0.2, 0.25) is 0 Å². The van der Waals surface area contributed by atoms with Crippen LogP contribution in [0.25, 0.3) is 55.0 Å². The summed E-state index contributed by atoms with van der Waals surface area (Å²) in [6.45, 7) is 4.34. The monoisotopic (exact) mass is 436 g/mol. The van der Waals surface area contributed by atoms with Crippen molar-refractivity contribution in [2.45, 2.75) is 13.8 Å². The zero-order chi connectivity index (χ0) is 22.8. The van der Waals surface area contributed by atoms with Crippen LogP contribution in [0.1, 0.15) is 11.1 Å². The molecule has 0 aliphatic rings. The van der Waals surface area contributed by atoms with Gasteiger partial charge < -0.3 is 9.13 Å². The zero-order valence-electron chi connectivity index (χ0n) is 19.3. The molecule has 0 bridgehead atoms. The van der Waals surface area contributed by atoms with E-state index in [0.717, 1.165) is 0 Å². The van der Waals surface area contributed by atoms with E-state index >= 15 is 0 Å². The van der Waals surface area contributed by atoms with Crippen molar-refractivity contribution in [2.24, 2.45) is 0 Å². The average Bonchev–Trinajstić information content (AvgIpc) is 3.36. The standard InChI is InChI=1S/C32H24N2/c1-21-14-16-31-27(18-21)28-19-22(2)15-17-32(28)34(31)24-9-7-8-23(20-24)33-29-12-5-3-10-25(29)26-11-4-6-13-30(26)33/h3-20H,1-2H3. The minimum Gasteiger partial charge on any atom is -0.309 e. The molecule has 2 heteroatoms. The van der Waals surface area contributed by atoms with Crippen LogP contribution in [0, 0.1) is 13.8 Å². The van der Waals surface area contributed by atoms with Crippen molar-refractivity contribution < 1.29 is 0 Å². The van der Waals surface area contributed by atoms with Crippen LogP contribution in [-0.2, 0) is 0 Å². The number of rotatable bonds is 2. The third kappa shape index (κ3) is 2.69. The first-order valence-corrected chi connectivity index (χ1v) is 11.8. The summed E-state index contributed by atoms with van der Waals surface area (Å²) in [4.78, 5) is 0. The Morgan fingerprint density at radius 3 is 1.32 bits per heavy atom. The summed E-state index contributed by atoms with van der Waals surface area (Å²) in [6, 6.07) is 39.8. The molecule has 0 unspecified atom stereocenters. The van der Waals surface area contributed by atoms with Gasteiger partial charge in [-0.2, -0.15) is 0 Å². The van der Waals surface area contributed by atoms with Gasteiger partial charge in [-0.25, -0.2) is 0 Å². The third-order valence-electron chi connectivity index (χ3n) is 7.00. The molecule has 2 nitrogen and oxygen atoms in total. The average molecular weight is 437 g/mol. The van der Waals surface area contributed by atoms with Gasteiger partial charge in [-0.3, -0.25) is 0 Å². The van der Waals surface area contributed by atoms with Gasteiger partial charge >= 0.3 is 0 Å². The molecule has 0 saturated carbocycles. The van der Waals surface area contributed by atoms with E-state index in [9.17, 15) is 0 Å². The normalized spacial score (nSPS) is 11.8. The molecule has 34 heavy (non-hydrogen) atoms. The number of nitrogens with zero attached hydrogens (tertiary/aromatic N) is 2. The largest absolute Gasteiger partial charge is 0.309 e. The van der Waals surface area contributed by atoms with Crippen molar-refractivity contribution >= 4 is 43.6 Å². The van der Waals surface area contributed by atoms with Gasteiger partial charge in [-0.1, -0.05) is 65.7 Å². The molecule has 0 fully saturated rings. The van der Waals surface area contributed by atoms with Gasteiger partial charge in [-0.15, -0.1) is 0 Å². The Labute approximate surface area is 198 Å². The summed E-state index contributed by atoms with van der Waals surface area (Å²) >= 11 is 0. The first kappa shape index (κ1) is 19.2. The molecule has 7 aromatic rings. The highest BCUT2D eigenvalue weighted by Crippen LogP contribution is 2.35. The maximum atomic E-state index is 2.40. The minimum atomic E-state index is 1.17. The summed E-state index contributed by atoms with van der Waals surface area (Å²) in [6.07, 6.45) is 0. The molecule has 7 rings (SSSR count). The number of hydrogen-bond acceptors (Lipinski definition) is 0. The molecular formula is C32H24N2. The van der Waals surface area contributed by atoms with E-state index in [1.165, 1.54) is 66.1 Å². The highest BCUT2D eigenvalue weighted by atomic mass is 15.0. The molecule has 0 N–H and O–H groups in total. The van der Waals surface area contributed by atoms with Crippen LogP contribution in [0.5, 0.6) is 0 Å². The van der Waals surface area contributed by atoms with Gasteiger partial charge in [0, 0.05) is 32.9 Å². The predicted molar refractivity (Wildman–Crippen MR) is 145 cm³/mol. The molecule has 162 valence electrons. The molecular weight excluding hydrogens is 412 g/mol. The lowest BCUT2D eigenvalue weighted by molar-refractivity contribution is 1.13. The molecule has 0 spiro atoms. The third-order valence-corrected chi connectivity index (χ3v) is 7.00. The topological polar surface area (TPSA) is 9.86 Å². The number of aryl methyl sites for hydroxylation is 2.